The summed E-state index contributed by atoms with van der Waals surface area (Å²) in [6.07, 6.45) is 4.72. The fraction of sp³-hybridized carbons (Fsp3) is 0.519. The van der Waals surface area contributed by atoms with Crippen molar-refractivity contribution in [3.8, 4) is 5.75 Å². The van der Waals surface area contributed by atoms with Crippen LogP contribution >= 0.6 is 11.3 Å². The number of hydrogen-bond donors (Lipinski definition) is 1. The Bertz CT molecular complexity index is 945. The topological polar surface area (TPSA) is 55.8 Å². The third kappa shape index (κ3) is 5.81. The lowest BCUT2D eigenvalue weighted by Crippen LogP contribution is -2.32. The molecular formula is C27H38O4S. The van der Waals surface area contributed by atoms with E-state index in [0.29, 0.717) is 0 Å². The number of aliphatic hydroxyl groups excluding tert-OH is 1. The van der Waals surface area contributed by atoms with Crippen LogP contribution < -0.4 is 4.74 Å². The van der Waals surface area contributed by atoms with Crippen LogP contribution in [0.2, 0.25) is 0 Å². The molecule has 1 unspecified atom stereocenters. The summed E-state index contributed by atoms with van der Waals surface area (Å²) in [6.45, 7) is 14.9. The lowest BCUT2D eigenvalue weighted by atomic mass is 9.74. The minimum Gasteiger partial charge on any atom is -0.491 e. The number of aliphatic hydroxyl groups is 1. The predicted molar refractivity (Wildman–Crippen MR) is 134 cm³/mol. The molecule has 1 atom stereocenters. The van der Waals surface area contributed by atoms with Gasteiger partial charge in [-0.15, -0.1) is 11.3 Å². The smallest absolute Gasteiger partial charge is 0.330 e. The summed E-state index contributed by atoms with van der Waals surface area (Å²) in [5, 5.41) is 10.3. The molecule has 0 aliphatic rings. The van der Waals surface area contributed by atoms with Gasteiger partial charge in [0.1, 0.15) is 12.4 Å². The molecule has 2 aromatic rings. The molecule has 0 aliphatic carbocycles. The van der Waals surface area contributed by atoms with Crippen LogP contribution in [0.1, 0.15) is 73.9 Å². The Morgan fingerprint density at radius 2 is 1.78 bits per heavy atom. The zero-order chi connectivity index (χ0) is 24.1. The highest BCUT2D eigenvalue weighted by Crippen LogP contribution is 2.44. The molecule has 32 heavy (non-hydrogen) atoms. The maximum atomic E-state index is 11.5. The summed E-state index contributed by atoms with van der Waals surface area (Å²) in [5.41, 5.74) is 3.15. The van der Waals surface area contributed by atoms with Gasteiger partial charge in [-0.05, 0) is 67.0 Å². The lowest BCUT2D eigenvalue weighted by Gasteiger charge is -2.32. The van der Waals surface area contributed by atoms with Crippen molar-refractivity contribution in [2.45, 2.75) is 72.8 Å². The highest BCUT2D eigenvalue weighted by Gasteiger charge is 2.33. The fourth-order valence-electron chi connectivity index (χ4n) is 3.79. The van der Waals surface area contributed by atoms with E-state index in [-0.39, 0.29) is 23.4 Å². The number of esters is 1. The monoisotopic (exact) mass is 458 g/mol. The van der Waals surface area contributed by atoms with Gasteiger partial charge in [0.2, 0.25) is 0 Å². The SMILES string of the molecule is CCC(CC)(c1ccc(OCC(O)C(C)(C)C)c(C)c1)c1cc(C)c(C=CC(=O)OC)s1. The molecule has 0 amide bonds. The van der Waals surface area contributed by atoms with Gasteiger partial charge in [-0.3, -0.25) is 0 Å². The number of thiophene rings is 1. The van der Waals surface area contributed by atoms with Gasteiger partial charge in [-0.2, -0.15) is 0 Å². The first-order chi connectivity index (χ1) is 15.0. The van der Waals surface area contributed by atoms with E-state index in [1.54, 1.807) is 11.3 Å². The third-order valence-electron chi connectivity index (χ3n) is 6.33. The van der Waals surface area contributed by atoms with E-state index < -0.39 is 6.10 Å². The number of benzene rings is 1. The Kier molecular flexibility index (Phi) is 8.72. The minimum atomic E-state index is -0.530. The standard InChI is InChI=1S/C27H38O4S/c1-9-27(10-2,24-16-19(4)22(32-24)13-14-25(29)30-8)20-11-12-21(18(3)15-20)31-17-23(28)26(5,6)7/h11-16,23,28H,9-10,17H2,1-8H3. The minimum absolute atomic E-state index is 0.110. The highest BCUT2D eigenvalue weighted by atomic mass is 32.1. The van der Waals surface area contributed by atoms with Crippen molar-refractivity contribution in [2.75, 3.05) is 13.7 Å². The second-order valence-electron chi connectivity index (χ2n) is 9.48. The molecule has 5 heteroatoms. The van der Waals surface area contributed by atoms with Crippen molar-refractivity contribution >= 4 is 23.4 Å². The zero-order valence-corrected chi connectivity index (χ0v) is 21.6. The number of methoxy groups -OCH3 is 1. The van der Waals surface area contributed by atoms with E-state index in [0.717, 1.165) is 34.6 Å². The van der Waals surface area contributed by atoms with Crippen LogP contribution in [0.3, 0.4) is 0 Å². The van der Waals surface area contributed by atoms with Crippen LogP contribution in [0.4, 0.5) is 0 Å². The molecule has 0 bridgehead atoms. The molecule has 0 fully saturated rings. The van der Waals surface area contributed by atoms with Crippen molar-refractivity contribution in [1.82, 2.24) is 0 Å². The van der Waals surface area contributed by atoms with E-state index in [1.165, 1.54) is 23.6 Å². The van der Waals surface area contributed by atoms with Crippen LogP contribution in [0.5, 0.6) is 5.75 Å². The Balaban J connectivity index is 2.37. The number of carbonyl (C=O) groups excluding carboxylic acids is 1. The first kappa shape index (κ1) is 26.1. The Morgan fingerprint density at radius 3 is 2.31 bits per heavy atom. The zero-order valence-electron chi connectivity index (χ0n) is 20.7. The quantitative estimate of drug-likeness (QED) is 0.347. The van der Waals surface area contributed by atoms with Gasteiger partial charge in [0.05, 0.1) is 13.2 Å². The number of carbonyl (C=O) groups is 1. The van der Waals surface area contributed by atoms with E-state index >= 15 is 0 Å². The summed E-state index contributed by atoms with van der Waals surface area (Å²) in [7, 11) is 1.39. The van der Waals surface area contributed by atoms with Gasteiger partial charge in [0.25, 0.3) is 0 Å². The molecule has 4 nitrogen and oxygen atoms in total. The maximum Gasteiger partial charge on any atom is 0.330 e. The van der Waals surface area contributed by atoms with Gasteiger partial charge >= 0.3 is 5.97 Å². The van der Waals surface area contributed by atoms with E-state index in [2.05, 4.69) is 45.9 Å². The fourth-order valence-corrected chi connectivity index (χ4v) is 5.22. The number of ether oxygens (including phenoxy) is 2. The van der Waals surface area contributed by atoms with Crippen molar-refractivity contribution in [2.24, 2.45) is 5.41 Å². The van der Waals surface area contributed by atoms with Crippen molar-refractivity contribution in [3.05, 3.63) is 56.8 Å². The largest absolute Gasteiger partial charge is 0.491 e. The van der Waals surface area contributed by atoms with E-state index in [4.69, 9.17) is 9.47 Å². The molecule has 0 saturated heterocycles. The number of rotatable bonds is 9. The van der Waals surface area contributed by atoms with Crippen LogP contribution in [0.15, 0.2) is 30.3 Å². The van der Waals surface area contributed by atoms with Crippen molar-refractivity contribution in [1.29, 1.82) is 0 Å². The van der Waals surface area contributed by atoms with Gasteiger partial charge in [-0.25, -0.2) is 4.79 Å². The molecule has 1 heterocycles. The second-order valence-corrected chi connectivity index (χ2v) is 10.6. The average molecular weight is 459 g/mol. The Hall–Kier alpha value is -2.11. The van der Waals surface area contributed by atoms with E-state index in [9.17, 15) is 9.90 Å². The second kappa shape index (κ2) is 10.7. The summed E-state index contributed by atoms with van der Waals surface area (Å²) in [6, 6.07) is 8.63. The number of aryl methyl sites for hydroxylation is 2. The average Bonchev–Trinajstić information content (AvgIpc) is 3.12. The maximum absolute atomic E-state index is 11.5. The Morgan fingerprint density at radius 1 is 1.12 bits per heavy atom. The summed E-state index contributed by atoms with van der Waals surface area (Å²) in [4.78, 5) is 13.9. The summed E-state index contributed by atoms with van der Waals surface area (Å²) >= 11 is 1.73. The predicted octanol–water partition coefficient (Wildman–Crippen LogP) is 6.44. The number of hydrogen-bond acceptors (Lipinski definition) is 5. The highest BCUT2D eigenvalue weighted by molar-refractivity contribution is 7.13. The molecule has 0 radical (unpaired) electrons. The van der Waals surface area contributed by atoms with Gasteiger partial charge in [-0.1, -0.05) is 46.8 Å². The molecule has 1 aromatic heterocycles. The third-order valence-corrected chi connectivity index (χ3v) is 7.74. The lowest BCUT2D eigenvalue weighted by molar-refractivity contribution is -0.134. The molecule has 176 valence electrons. The van der Waals surface area contributed by atoms with Crippen LogP contribution in [-0.2, 0) is 14.9 Å². The van der Waals surface area contributed by atoms with Crippen LogP contribution in [-0.4, -0.2) is 30.9 Å². The van der Waals surface area contributed by atoms with Gasteiger partial charge in [0.15, 0.2) is 0 Å². The van der Waals surface area contributed by atoms with Gasteiger partial charge < -0.3 is 14.6 Å². The molecule has 1 N–H and O–H groups in total. The molecular weight excluding hydrogens is 420 g/mol. The molecule has 0 aliphatic heterocycles. The summed E-state index contributed by atoms with van der Waals surface area (Å²) in [5.74, 6) is 0.460. The molecule has 0 spiro atoms. The van der Waals surface area contributed by atoms with Crippen LogP contribution in [0.25, 0.3) is 6.08 Å². The van der Waals surface area contributed by atoms with Crippen LogP contribution in [0, 0.1) is 19.3 Å². The molecule has 1 aromatic carbocycles. The van der Waals surface area contributed by atoms with Crippen molar-refractivity contribution in [3.63, 3.8) is 0 Å². The summed E-state index contributed by atoms with van der Waals surface area (Å²) < 4.78 is 10.7. The normalized spacial score (nSPS) is 13.4. The first-order valence-electron chi connectivity index (χ1n) is 11.3. The van der Waals surface area contributed by atoms with E-state index in [1.807, 2.05) is 32.9 Å². The van der Waals surface area contributed by atoms with Crippen molar-refractivity contribution < 1.29 is 19.4 Å². The Labute approximate surface area is 197 Å². The molecule has 2 rings (SSSR count). The molecule has 0 saturated carbocycles. The van der Waals surface area contributed by atoms with Gasteiger partial charge in [0, 0.05) is 21.2 Å². The first-order valence-corrected chi connectivity index (χ1v) is 12.1.